The van der Waals surface area contributed by atoms with Gasteiger partial charge in [-0.1, -0.05) is 20.3 Å². The molecule has 1 atom stereocenters. The monoisotopic (exact) mass is 242 g/mol. The number of urea groups is 1. The minimum atomic E-state index is -0.980. The van der Waals surface area contributed by atoms with Crippen LogP contribution in [0.25, 0.3) is 0 Å². The van der Waals surface area contributed by atoms with E-state index in [1.807, 2.05) is 13.8 Å². The van der Waals surface area contributed by atoms with Crippen LogP contribution in [0.15, 0.2) is 0 Å². The predicted octanol–water partition coefficient (Wildman–Crippen LogP) is 1.83. The summed E-state index contributed by atoms with van der Waals surface area (Å²) in [5, 5.41) is 12.2. The summed E-state index contributed by atoms with van der Waals surface area (Å²) in [5.74, 6) is -0.872. The maximum atomic E-state index is 12.0. The average Bonchev–Trinajstić information content (AvgIpc) is 2.71. The molecule has 0 aromatic heterocycles. The Morgan fingerprint density at radius 1 is 1.35 bits per heavy atom. The molecule has 1 rings (SSSR count). The summed E-state index contributed by atoms with van der Waals surface area (Å²) in [6.07, 6.45) is 3.49. The molecule has 1 fully saturated rings. The molecule has 1 saturated heterocycles. The Morgan fingerprint density at radius 2 is 2.06 bits per heavy atom. The van der Waals surface area contributed by atoms with Crippen molar-refractivity contribution in [2.45, 2.75) is 51.5 Å². The molecule has 5 heteroatoms. The Morgan fingerprint density at radius 3 is 2.59 bits per heavy atom. The van der Waals surface area contributed by atoms with Crippen molar-refractivity contribution in [3.05, 3.63) is 0 Å². The Balaban J connectivity index is 2.81. The molecule has 0 aromatic rings. The third-order valence-corrected chi connectivity index (χ3v) is 3.32. The normalized spacial score (nSPS) is 23.8. The van der Waals surface area contributed by atoms with Crippen molar-refractivity contribution >= 4 is 12.0 Å². The van der Waals surface area contributed by atoms with Crippen LogP contribution in [-0.2, 0) is 4.79 Å². The lowest BCUT2D eigenvalue weighted by molar-refractivity contribution is -0.148. The molecule has 17 heavy (non-hydrogen) atoms. The molecule has 1 aliphatic heterocycles. The van der Waals surface area contributed by atoms with Crippen LogP contribution in [-0.4, -0.2) is 40.6 Å². The van der Waals surface area contributed by atoms with E-state index in [9.17, 15) is 14.7 Å². The smallest absolute Gasteiger partial charge is 0.329 e. The van der Waals surface area contributed by atoms with Crippen molar-refractivity contribution < 1.29 is 14.7 Å². The first-order chi connectivity index (χ1) is 8.08. The van der Waals surface area contributed by atoms with Gasteiger partial charge in [-0.3, -0.25) is 0 Å². The van der Waals surface area contributed by atoms with Crippen LogP contribution < -0.4 is 5.32 Å². The van der Waals surface area contributed by atoms with Gasteiger partial charge in [0.1, 0.15) is 5.54 Å². The maximum absolute atomic E-state index is 12.0. The lowest BCUT2D eigenvalue weighted by Gasteiger charge is -2.34. The van der Waals surface area contributed by atoms with Crippen molar-refractivity contribution in [1.29, 1.82) is 0 Å². The molecule has 0 bridgehead atoms. The van der Waals surface area contributed by atoms with Gasteiger partial charge in [0.2, 0.25) is 0 Å². The Labute approximate surface area is 102 Å². The molecular formula is C12H22N2O3. The van der Waals surface area contributed by atoms with E-state index in [0.29, 0.717) is 25.9 Å². The number of rotatable bonds is 5. The largest absolute Gasteiger partial charge is 0.479 e. The van der Waals surface area contributed by atoms with Gasteiger partial charge >= 0.3 is 12.0 Å². The number of hydrogen-bond donors (Lipinski definition) is 2. The Kier molecular flexibility index (Phi) is 4.78. The molecule has 1 unspecified atom stereocenters. The summed E-state index contributed by atoms with van der Waals surface area (Å²) in [6.45, 7) is 5.06. The van der Waals surface area contributed by atoms with Gasteiger partial charge in [0.15, 0.2) is 0 Å². The van der Waals surface area contributed by atoms with E-state index in [1.54, 1.807) is 0 Å². The van der Waals surface area contributed by atoms with E-state index in [1.165, 1.54) is 4.90 Å². The van der Waals surface area contributed by atoms with Gasteiger partial charge in [0.25, 0.3) is 0 Å². The summed E-state index contributed by atoms with van der Waals surface area (Å²) in [6, 6.07) is -0.236. The van der Waals surface area contributed by atoms with Crippen LogP contribution in [0.4, 0.5) is 4.79 Å². The summed E-state index contributed by atoms with van der Waals surface area (Å²) in [7, 11) is 0. The molecule has 0 aromatic carbocycles. The van der Waals surface area contributed by atoms with E-state index < -0.39 is 11.5 Å². The fourth-order valence-electron chi connectivity index (χ4n) is 2.50. The van der Waals surface area contributed by atoms with E-state index in [0.717, 1.165) is 19.3 Å². The van der Waals surface area contributed by atoms with Crippen molar-refractivity contribution in [1.82, 2.24) is 10.2 Å². The molecule has 1 aliphatic rings. The molecule has 0 aliphatic carbocycles. The predicted molar refractivity (Wildman–Crippen MR) is 64.9 cm³/mol. The SMILES string of the molecule is CCCNC(=O)N1CCCC1(CCC)C(=O)O. The van der Waals surface area contributed by atoms with Gasteiger partial charge in [-0.2, -0.15) is 0 Å². The number of nitrogens with zero attached hydrogens (tertiary/aromatic N) is 1. The van der Waals surface area contributed by atoms with Gasteiger partial charge in [-0.15, -0.1) is 0 Å². The highest BCUT2D eigenvalue weighted by molar-refractivity contribution is 5.87. The average molecular weight is 242 g/mol. The summed E-state index contributed by atoms with van der Waals surface area (Å²) in [4.78, 5) is 24.9. The van der Waals surface area contributed by atoms with Gasteiger partial charge in [-0.05, 0) is 25.7 Å². The van der Waals surface area contributed by atoms with Crippen molar-refractivity contribution in [2.24, 2.45) is 0 Å². The zero-order valence-electron chi connectivity index (χ0n) is 10.7. The molecule has 2 N–H and O–H groups in total. The molecule has 5 nitrogen and oxygen atoms in total. The van der Waals surface area contributed by atoms with Crippen molar-refractivity contribution in [3.8, 4) is 0 Å². The highest BCUT2D eigenvalue weighted by Gasteiger charge is 2.49. The highest BCUT2D eigenvalue weighted by atomic mass is 16.4. The number of likely N-dealkylation sites (tertiary alicyclic amines) is 1. The Hall–Kier alpha value is -1.26. The number of aliphatic carboxylic acids is 1. The quantitative estimate of drug-likeness (QED) is 0.772. The van der Waals surface area contributed by atoms with E-state index in [2.05, 4.69) is 5.32 Å². The standard InChI is InChI=1S/C12H22N2O3/c1-3-6-12(10(15)16)7-5-9-14(12)11(17)13-8-4-2/h3-9H2,1-2H3,(H,13,17)(H,15,16). The number of carboxylic acids is 1. The first-order valence-electron chi connectivity index (χ1n) is 6.37. The van der Waals surface area contributed by atoms with Crippen LogP contribution in [0, 0.1) is 0 Å². The van der Waals surface area contributed by atoms with Crippen LogP contribution in [0.1, 0.15) is 46.0 Å². The van der Waals surface area contributed by atoms with Gasteiger partial charge in [0.05, 0.1) is 0 Å². The van der Waals surface area contributed by atoms with Gasteiger partial charge < -0.3 is 15.3 Å². The van der Waals surface area contributed by atoms with Crippen LogP contribution in [0.2, 0.25) is 0 Å². The van der Waals surface area contributed by atoms with E-state index in [4.69, 9.17) is 0 Å². The number of carbonyl (C=O) groups excluding carboxylic acids is 1. The fraction of sp³-hybridized carbons (Fsp3) is 0.833. The topological polar surface area (TPSA) is 69.6 Å². The molecule has 2 amide bonds. The second kappa shape index (κ2) is 5.89. The molecule has 0 spiro atoms. The number of carbonyl (C=O) groups is 2. The third-order valence-electron chi connectivity index (χ3n) is 3.32. The maximum Gasteiger partial charge on any atom is 0.329 e. The molecule has 1 heterocycles. The molecule has 0 radical (unpaired) electrons. The second-order valence-corrected chi connectivity index (χ2v) is 4.57. The van der Waals surface area contributed by atoms with E-state index in [-0.39, 0.29) is 6.03 Å². The fourth-order valence-corrected chi connectivity index (χ4v) is 2.50. The van der Waals surface area contributed by atoms with Crippen LogP contribution >= 0.6 is 0 Å². The van der Waals surface area contributed by atoms with Gasteiger partial charge in [-0.25, -0.2) is 9.59 Å². The number of hydrogen-bond acceptors (Lipinski definition) is 2. The van der Waals surface area contributed by atoms with Crippen molar-refractivity contribution in [3.63, 3.8) is 0 Å². The lowest BCUT2D eigenvalue weighted by atomic mass is 9.91. The first-order valence-corrected chi connectivity index (χ1v) is 6.37. The summed E-state index contributed by atoms with van der Waals surface area (Å²) < 4.78 is 0. The third kappa shape index (κ3) is 2.70. The Bertz CT molecular complexity index is 293. The highest BCUT2D eigenvalue weighted by Crippen LogP contribution is 2.33. The molecule has 98 valence electrons. The number of amides is 2. The number of nitrogens with one attached hydrogen (secondary N) is 1. The van der Waals surface area contributed by atoms with Crippen LogP contribution in [0.5, 0.6) is 0 Å². The lowest BCUT2D eigenvalue weighted by Crippen LogP contribution is -2.56. The zero-order valence-corrected chi connectivity index (χ0v) is 10.7. The summed E-state index contributed by atoms with van der Waals surface area (Å²) >= 11 is 0. The molecular weight excluding hydrogens is 220 g/mol. The van der Waals surface area contributed by atoms with E-state index >= 15 is 0 Å². The van der Waals surface area contributed by atoms with Crippen LogP contribution in [0.3, 0.4) is 0 Å². The second-order valence-electron chi connectivity index (χ2n) is 4.57. The molecule has 0 saturated carbocycles. The summed E-state index contributed by atoms with van der Waals surface area (Å²) in [5.41, 5.74) is -0.980. The first kappa shape index (κ1) is 13.8. The van der Waals surface area contributed by atoms with Gasteiger partial charge in [0, 0.05) is 13.1 Å². The minimum absolute atomic E-state index is 0.236. The van der Waals surface area contributed by atoms with Crippen molar-refractivity contribution in [2.75, 3.05) is 13.1 Å². The minimum Gasteiger partial charge on any atom is -0.479 e. The number of carboxylic acid groups (broad SMARTS) is 1. The zero-order chi connectivity index (χ0) is 12.9.